The lowest BCUT2D eigenvalue weighted by atomic mass is 10.1. The van der Waals surface area contributed by atoms with Crippen LogP contribution in [0.25, 0.3) is 5.57 Å². The minimum absolute atomic E-state index is 0.515. The minimum atomic E-state index is 0.515. The van der Waals surface area contributed by atoms with Crippen molar-refractivity contribution in [3.8, 4) is 0 Å². The van der Waals surface area contributed by atoms with Crippen LogP contribution in [-0.4, -0.2) is 36.7 Å². The lowest BCUT2D eigenvalue weighted by Crippen LogP contribution is -2.36. The second-order valence-electron chi connectivity index (χ2n) is 6.37. The molecule has 0 unspecified atom stereocenters. The quantitative estimate of drug-likeness (QED) is 0.378. The zero-order chi connectivity index (χ0) is 17.6. The number of aliphatic imine (C=N–C) groups is 1. The molecule has 25 heavy (non-hydrogen) atoms. The van der Waals surface area contributed by atoms with Crippen molar-refractivity contribution in [1.29, 1.82) is 5.41 Å². The monoisotopic (exact) mass is 339 g/mol. The summed E-state index contributed by atoms with van der Waals surface area (Å²) in [7, 11) is 0. The van der Waals surface area contributed by atoms with Crippen LogP contribution in [0.3, 0.4) is 0 Å². The maximum Gasteiger partial charge on any atom is 0.130 e. The Morgan fingerprint density at radius 2 is 2.28 bits per heavy atom. The summed E-state index contributed by atoms with van der Waals surface area (Å²) in [6, 6.07) is 3.62. The average Bonchev–Trinajstić information content (AvgIpc) is 3.47. The molecule has 0 spiro atoms. The third kappa shape index (κ3) is 4.45. The van der Waals surface area contributed by atoms with Gasteiger partial charge < -0.3 is 27.5 Å². The molecular weight excluding hydrogens is 314 g/mol. The van der Waals surface area contributed by atoms with E-state index in [1.165, 1.54) is 31.0 Å². The van der Waals surface area contributed by atoms with E-state index in [9.17, 15) is 0 Å². The van der Waals surface area contributed by atoms with Gasteiger partial charge in [-0.3, -0.25) is 4.98 Å². The molecule has 0 aromatic carbocycles. The SMILES string of the molecule is N=CC(=CN)c1ccc(N=C(N)C2=C(NCC3CC3)CCNC2)cn1. The molecule has 3 rings (SSSR count). The summed E-state index contributed by atoms with van der Waals surface area (Å²) < 4.78 is 0. The van der Waals surface area contributed by atoms with E-state index >= 15 is 0 Å². The number of allylic oxidation sites excluding steroid dienone is 1. The molecule has 1 fully saturated rings. The van der Waals surface area contributed by atoms with Gasteiger partial charge in [0.25, 0.3) is 0 Å². The third-order valence-corrected chi connectivity index (χ3v) is 4.46. The van der Waals surface area contributed by atoms with Crippen molar-refractivity contribution in [3.05, 3.63) is 41.5 Å². The summed E-state index contributed by atoms with van der Waals surface area (Å²) in [5, 5.41) is 14.2. The lowest BCUT2D eigenvalue weighted by Gasteiger charge is -2.22. The molecule has 0 bridgehead atoms. The van der Waals surface area contributed by atoms with Crippen molar-refractivity contribution < 1.29 is 0 Å². The van der Waals surface area contributed by atoms with Gasteiger partial charge in [0.2, 0.25) is 0 Å². The molecule has 7 N–H and O–H groups in total. The van der Waals surface area contributed by atoms with Crippen molar-refractivity contribution >= 4 is 23.3 Å². The summed E-state index contributed by atoms with van der Waals surface area (Å²) in [4.78, 5) is 8.81. The van der Waals surface area contributed by atoms with Crippen LogP contribution < -0.4 is 22.1 Å². The van der Waals surface area contributed by atoms with Gasteiger partial charge in [-0.05, 0) is 30.9 Å². The normalized spacial score (nSPS) is 19.0. The van der Waals surface area contributed by atoms with Crippen molar-refractivity contribution in [3.63, 3.8) is 0 Å². The van der Waals surface area contributed by atoms with E-state index in [-0.39, 0.29) is 0 Å². The number of rotatable bonds is 7. The Balaban J connectivity index is 1.77. The van der Waals surface area contributed by atoms with E-state index in [1.807, 2.05) is 6.07 Å². The highest BCUT2D eigenvalue weighted by Gasteiger charge is 2.22. The smallest absolute Gasteiger partial charge is 0.130 e. The molecule has 1 aliphatic carbocycles. The number of pyridine rings is 1. The van der Waals surface area contributed by atoms with E-state index in [0.29, 0.717) is 22.8 Å². The minimum Gasteiger partial charge on any atom is -0.404 e. The van der Waals surface area contributed by atoms with Crippen LogP contribution >= 0.6 is 0 Å². The highest BCUT2D eigenvalue weighted by molar-refractivity contribution is 6.07. The number of nitrogens with zero attached hydrogens (tertiary/aromatic N) is 2. The highest BCUT2D eigenvalue weighted by atomic mass is 15.0. The van der Waals surface area contributed by atoms with Gasteiger partial charge in [0.1, 0.15) is 5.84 Å². The predicted molar refractivity (Wildman–Crippen MR) is 102 cm³/mol. The molecule has 0 radical (unpaired) electrons. The molecule has 7 nitrogen and oxygen atoms in total. The summed E-state index contributed by atoms with van der Waals surface area (Å²) >= 11 is 0. The predicted octanol–water partition coefficient (Wildman–Crippen LogP) is 1.27. The zero-order valence-electron chi connectivity index (χ0n) is 14.3. The Bertz CT molecular complexity index is 711. The van der Waals surface area contributed by atoms with E-state index in [1.54, 1.807) is 12.3 Å². The summed E-state index contributed by atoms with van der Waals surface area (Å²) in [5.41, 5.74) is 15.9. The molecule has 0 amide bonds. The first-order chi connectivity index (χ1) is 12.2. The van der Waals surface area contributed by atoms with Crippen LogP contribution in [0.5, 0.6) is 0 Å². The van der Waals surface area contributed by atoms with Crippen LogP contribution in [-0.2, 0) is 0 Å². The Morgan fingerprint density at radius 1 is 1.44 bits per heavy atom. The van der Waals surface area contributed by atoms with Crippen LogP contribution in [0.4, 0.5) is 5.69 Å². The molecule has 1 aromatic rings. The molecule has 1 saturated carbocycles. The molecule has 1 aliphatic heterocycles. The van der Waals surface area contributed by atoms with Gasteiger partial charge >= 0.3 is 0 Å². The topological polar surface area (TPSA) is 125 Å². The van der Waals surface area contributed by atoms with Crippen molar-refractivity contribution in [2.45, 2.75) is 19.3 Å². The molecule has 7 heteroatoms. The van der Waals surface area contributed by atoms with Crippen LogP contribution in [0.15, 0.2) is 40.8 Å². The Labute approximate surface area is 147 Å². The average molecular weight is 339 g/mol. The number of amidine groups is 1. The summed E-state index contributed by atoms with van der Waals surface area (Å²) in [6.07, 6.45) is 7.77. The van der Waals surface area contributed by atoms with Gasteiger partial charge in [0.15, 0.2) is 0 Å². The van der Waals surface area contributed by atoms with Gasteiger partial charge in [-0.1, -0.05) is 0 Å². The first-order valence-corrected chi connectivity index (χ1v) is 8.61. The number of aromatic nitrogens is 1. The Hall–Kier alpha value is -2.67. The molecule has 132 valence electrons. The van der Waals surface area contributed by atoms with Crippen LogP contribution in [0, 0.1) is 11.3 Å². The highest BCUT2D eigenvalue weighted by Crippen LogP contribution is 2.28. The number of nitrogens with one attached hydrogen (secondary N) is 3. The second kappa shape index (κ2) is 7.94. The Morgan fingerprint density at radius 3 is 2.92 bits per heavy atom. The maximum absolute atomic E-state index is 7.31. The molecule has 0 atom stereocenters. The summed E-state index contributed by atoms with van der Waals surface area (Å²) in [5.74, 6) is 1.33. The lowest BCUT2D eigenvalue weighted by molar-refractivity contribution is 0.616. The first-order valence-electron chi connectivity index (χ1n) is 8.61. The standard InChI is InChI=1S/C18H25N7/c19-7-13(8-20)16-4-3-14(10-24-16)25-18(21)15-11-22-6-5-17(15)23-9-12-1-2-12/h3-4,7-8,10,12,19,22-23H,1-2,5-6,9,11,20H2,(H2,21,25). The second-order valence-corrected chi connectivity index (χ2v) is 6.37. The number of nitrogens with two attached hydrogens (primary N) is 2. The van der Waals surface area contributed by atoms with Gasteiger partial charge in [-0.2, -0.15) is 0 Å². The third-order valence-electron chi connectivity index (χ3n) is 4.46. The van der Waals surface area contributed by atoms with Crippen molar-refractivity contribution in [1.82, 2.24) is 15.6 Å². The van der Waals surface area contributed by atoms with Gasteiger partial charge in [0, 0.05) is 55.3 Å². The fourth-order valence-corrected chi connectivity index (χ4v) is 2.75. The fourth-order valence-electron chi connectivity index (χ4n) is 2.75. The molecule has 1 aromatic heterocycles. The van der Waals surface area contributed by atoms with Gasteiger partial charge in [0.05, 0.1) is 17.6 Å². The number of hydrogen-bond donors (Lipinski definition) is 5. The van der Waals surface area contributed by atoms with E-state index in [0.717, 1.165) is 37.5 Å². The van der Waals surface area contributed by atoms with Gasteiger partial charge in [-0.25, -0.2) is 4.99 Å². The molecule has 2 aliphatic rings. The van der Waals surface area contributed by atoms with Crippen molar-refractivity contribution in [2.24, 2.45) is 22.4 Å². The van der Waals surface area contributed by atoms with E-state index in [4.69, 9.17) is 16.9 Å². The van der Waals surface area contributed by atoms with Crippen LogP contribution in [0.2, 0.25) is 0 Å². The number of hydrogen-bond acceptors (Lipinski definition) is 6. The molecule has 2 heterocycles. The van der Waals surface area contributed by atoms with E-state index < -0.39 is 0 Å². The maximum atomic E-state index is 7.31. The van der Waals surface area contributed by atoms with E-state index in [2.05, 4.69) is 20.6 Å². The molecule has 0 saturated heterocycles. The van der Waals surface area contributed by atoms with Crippen molar-refractivity contribution in [2.75, 3.05) is 19.6 Å². The Kier molecular flexibility index (Phi) is 5.45. The van der Waals surface area contributed by atoms with Crippen LogP contribution in [0.1, 0.15) is 25.0 Å². The fraction of sp³-hybridized carbons (Fsp3) is 0.389. The largest absolute Gasteiger partial charge is 0.404 e. The summed E-state index contributed by atoms with van der Waals surface area (Å²) in [6.45, 7) is 2.71. The first kappa shape index (κ1) is 17.2. The molecular formula is C18H25N7. The van der Waals surface area contributed by atoms with Gasteiger partial charge in [-0.15, -0.1) is 0 Å². The zero-order valence-corrected chi connectivity index (χ0v) is 14.3.